The fraction of sp³-hybridized carbons (Fsp3) is 0.286. The highest BCUT2D eigenvalue weighted by molar-refractivity contribution is 7.78. The number of fused-ring (bicyclic) bond motifs is 1. The summed E-state index contributed by atoms with van der Waals surface area (Å²) in [6.07, 6.45) is 0. The van der Waals surface area contributed by atoms with Crippen LogP contribution in [0, 0.1) is 0 Å². The number of aromatic amines is 2. The molecule has 2 aromatic rings. The molecule has 3 N–H and O–H groups in total. The molecule has 0 fully saturated rings. The average molecular weight is 244 g/mol. The molecule has 0 spiro atoms. The van der Waals surface area contributed by atoms with Gasteiger partial charge in [0, 0.05) is 0 Å². The summed E-state index contributed by atoms with van der Waals surface area (Å²) in [5.74, 6) is 0. The Bertz CT molecular complexity index is 706. The summed E-state index contributed by atoms with van der Waals surface area (Å²) < 4.78 is 1.63. The predicted octanol–water partition coefficient (Wildman–Crippen LogP) is -2.14. The second-order valence-corrected chi connectivity index (χ2v) is 3.48. The topological polar surface area (TPSA) is 113 Å². The normalized spacial score (nSPS) is 11.1. The summed E-state index contributed by atoms with van der Waals surface area (Å²) in [5, 5.41) is 8.80. The Labute approximate surface area is 92.7 Å². The van der Waals surface area contributed by atoms with Gasteiger partial charge in [0.1, 0.15) is 5.65 Å². The lowest BCUT2D eigenvalue weighted by Crippen LogP contribution is -2.36. The lowest BCUT2D eigenvalue weighted by Gasteiger charge is -2.05. The van der Waals surface area contributed by atoms with Crippen molar-refractivity contribution in [1.82, 2.24) is 18.5 Å². The molecule has 0 aromatic carbocycles. The van der Waals surface area contributed by atoms with Gasteiger partial charge in [-0.3, -0.25) is 19.3 Å². The molecular weight excluding hydrogens is 236 g/mol. The first-order valence-corrected chi connectivity index (χ1v) is 4.74. The minimum Gasteiger partial charge on any atom is -0.395 e. The van der Waals surface area contributed by atoms with Crippen LogP contribution in [0.3, 0.4) is 0 Å². The van der Waals surface area contributed by atoms with Crippen LogP contribution in [0.1, 0.15) is 0 Å². The number of nitrogens with one attached hydrogen (secondary N) is 2. The quantitative estimate of drug-likeness (QED) is 0.452. The maximum Gasteiger partial charge on any atom is 0.342 e. The molecule has 0 radical (unpaired) electrons. The fourth-order valence-corrected chi connectivity index (χ4v) is 1.65. The van der Waals surface area contributed by atoms with E-state index in [-0.39, 0.29) is 24.3 Å². The SMILES string of the molecule is O=c1[nH]c2c(=O)n(S)c(=O)n(CCO)c2[nH]1. The van der Waals surface area contributed by atoms with E-state index >= 15 is 0 Å². The molecule has 0 aliphatic heterocycles. The summed E-state index contributed by atoms with van der Waals surface area (Å²) in [6.45, 7) is -0.335. The molecule has 0 unspecified atom stereocenters. The van der Waals surface area contributed by atoms with Crippen LogP contribution in [0.4, 0.5) is 0 Å². The van der Waals surface area contributed by atoms with Gasteiger partial charge in [-0.25, -0.2) is 13.6 Å². The standard InChI is InChI=1S/C7H8N4O4S/c12-2-1-10-4-3(8-6(14)9-4)5(13)11(16)7(10)15/h12,16H,1-2H2,(H2,8,9,14). The monoisotopic (exact) mass is 244 g/mol. The van der Waals surface area contributed by atoms with Crippen LogP contribution in [-0.2, 0) is 6.54 Å². The van der Waals surface area contributed by atoms with Gasteiger partial charge in [0.05, 0.1) is 13.2 Å². The van der Waals surface area contributed by atoms with Crippen molar-refractivity contribution in [2.45, 2.75) is 6.54 Å². The third-order valence-electron chi connectivity index (χ3n) is 2.12. The third-order valence-corrected chi connectivity index (χ3v) is 2.47. The number of imidazole rings is 1. The van der Waals surface area contributed by atoms with Crippen molar-refractivity contribution in [3.63, 3.8) is 0 Å². The molecule has 0 saturated heterocycles. The molecule has 9 heteroatoms. The van der Waals surface area contributed by atoms with Crippen molar-refractivity contribution in [3.05, 3.63) is 31.3 Å². The summed E-state index contributed by atoms with van der Waals surface area (Å²) >= 11 is 3.71. The number of thiol groups is 1. The molecule has 0 atom stereocenters. The molecule has 2 aromatic heterocycles. The maximum atomic E-state index is 11.6. The zero-order valence-electron chi connectivity index (χ0n) is 7.93. The van der Waals surface area contributed by atoms with E-state index in [2.05, 4.69) is 22.8 Å². The molecule has 2 heterocycles. The number of aromatic nitrogens is 4. The van der Waals surface area contributed by atoms with Gasteiger partial charge in [-0.2, -0.15) is 0 Å². The fourth-order valence-electron chi connectivity index (χ4n) is 1.44. The molecule has 2 rings (SSSR count). The van der Waals surface area contributed by atoms with Gasteiger partial charge in [-0.1, -0.05) is 12.8 Å². The average Bonchev–Trinajstić information content (AvgIpc) is 2.63. The lowest BCUT2D eigenvalue weighted by molar-refractivity contribution is 0.275. The first-order valence-electron chi connectivity index (χ1n) is 4.34. The van der Waals surface area contributed by atoms with E-state index in [1.54, 1.807) is 0 Å². The van der Waals surface area contributed by atoms with E-state index in [9.17, 15) is 14.4 Å². The highest BCUT2D eigenvalue weighted by atomic mass is 32.1. The minimum absolute atomic E-state index is 0.0377. The van der Waals surface area contributed by atoms with Gasteiger partial charge in [-0.15, -0.1) is 0 Å². The largest absolute Gasteiger partial charge is 0.395 e. The van der Waals surface area contributed by atoms with Crippen molar-refractivity contribution in [2.24, 2.45) is 0 Å². The van der Waals surface area contributed by atoms with E-state index in [1.165, 1.54) is 0 Å². The van der Waals surface area contributed by atoms with Crippen LogP contribution in [0.2, 0.25) is 0 Å². The Morgan fingerprint density at radius 3 is 2.56 bits per heavy atom. The van der Waals surface area contributed by atoms with Crippen molar-refractivity contribution in [1.29, 1.82) is 0 Å². The molecule has 16 heavy (non-hydrogen) atoms. The van der Waals surface area contributed by atoms with Crippen LogP contribution >= 0.6 is 12.8 Å². The molecule has 0 saturated carbocycles. The lowest BCUT2D eigenvalue weighted by atomic mass is 10.5. The van der Waals surface area contributed by atoms with Crippen molar-refractivity contribution in [3.8, 4) is 0 Å². The maximum absolute atomic E-state index is 11.6. The first-order chi connectivity index (χ1) is 7.56. The van der Waals surface area contributed by atoms with Crippen LogP contribution in [0.25, 0.3) is 11.2 Å². The van der Waals surface area contributed by atoms with E-state index in [1.807, 2.05) is 0 Å². The van der Waals surface area contributed by atoms with Crippen LogP contribution < -0.4 is 16.9 Å². The molecule has 0 aliphatic rings. The first kappa shape index (κ1) is 10.8. The minimum atomic E-state index is -0.717. The van der Waals surface area contributed by atoms with Crippen LogP contribution in [-0.4, -0.2) is 30.2 Å². The Morgan fingerprint density at radius 1 is 1.25 bits per heavy atom. The Balaban J connectivity index is 3.03. The van der Waals surface area contributed by atoms with Crippen molar-refractivity contribution < 1.29 is 5.11 Å². The van der Waals surface area contributed by atoms with Crippen LogP contribution in [0.15, 0.2) is 14.4 Å². The Morgan fingerprint density at radius 2 is 1.94 bits per heavy atom. The van der Waals surface area contributed by atoms with E-state index < -0.39 is 16.9 Å². The Hall–Kier alpha value is -1.74. The summed E-state index contributed by atoms with van der Waals surface area (Å²) in [5.41, 5.74) is -2.02. The number of aliphatic hydroxyl groups is 1. The number of aliphatic hydroxyl groups excluding tert-OH is 1. The van der Waals surface area contributed by atoms with E-state index in [4.69, 9.17) is 5.11 Å². The molecule has 0 bridgehead atoms. The van der Waals surface area contributed by atoms with Gasteiger partial charge >= 0.3 is 11.4 Å². The molecule has 8 nitrogen and oxygen atoms in total. The zero-order chi connectivity index (χ0) is 11.9. The van der Waals surface area contributed by atoms with E-state index in [0.717, 1.165) is 4.57 Å². The van der Waals surface area contributed by atoms with Crippen molar-refractivity contribution >= 4 is 24.0 Å². The number of hydrogen-bond acceptors (Lipinski definition) is 5. The highest BCUT2D eigenvalue weighted by Gasteiger charge is 2.13. The second kappa shape index (κ2) is 3.68. The number of hydrogen-bond donors (Lipinski definition) is 4. The van der Waals surface area contributed by atoms with Crippen molar-refractivity contribution in [2.75, 3.05) is 6.61 Å². The van der Waals surface area contributed by atoms with Crippen LogP contribution in [0.5, 0.6) is 0 Å². The smallest absolute Gasteiger partial charge is 0.342 e. The summed E-state index contributed by atoms with van der Waals surface area (Å²) in [6, 6.07) is 0. The number of nitrogens with zero attached hydrogens (tertiary/aromatic N) is 2. The van der Waals surface area contributed by atoms with Gasteiger partial charge in [0.2, 0.25) is 0 Å². The second-order valence-electron chi connectivity index (χ2n) is 3.08. The Kier molecular flexibility index (Phi) is 2.48. The highest BCUT2D eigenvalue weighted by Crippen LogP contribution is 1.98. The molecule has 86 valence electrons. The third kappa shape index (κ3) is 1.41. The van der Waals surface area contributed by atoms with Gasteiger partial charge < -0.3 is 5.11 Å². The predicted molar refractivity (Wildman–Crippen MR) is 58.9 cm³/mol. The van der Waals surface area contributed by atoms with E-state index in [0.29, 0.717) is 3.97 Å². The van der Waals surface area contributed by atoms with Gasteiger partial charge in [0.25, 0.3) is 5.56 Å². The van der Waals surface area contributed by atoms with Gasteiger partial charge in [-0.05, 0) is 0 Å². The summed E-state index contributed by atoms with van der Waals surface area (Å²) in [4.78, 5) is 38.8. The zero-order valence-corrected chi connectivity index (χ0v) is 8.82. The molecular formula is C7H8N4O4S. The number of H-pyrrole nitrogens is 2. The summed E-state index contributed by atoms with van der Waals surface area (Å²) in [7, 11) is 0. The van der Waals surface area contributed by atoms with Gasteiger partial charge in [0.15, 0.2) is 5.52 Å². The number of rotatable bonds is 2. The molecule has 0 amide bonds. The molecule has 0 aliphatic carbocycles.